The zero-order valence-corrected chi connectivity index (χ0v) is 24.3. The number of aliphatic carboxylic acids is 1. The van der Waals surface area contributed by atoms with Crippen molar-refractivity contribution >= 4 is 57.6 Å². The van der Waals surface area contributed by atoms with Gasteiger partial charge in [-0.15, -0.1) is 0 Å². The number of rotatable bonds is 8. The Morgan fingerprint density at radius 3 is 2.51 bits per heavy atom. The average molecular weight is 567 g/mol. The van der Waals surface area contributed by atoms with Crippen molar-refractivity contribution in [1.29, 1.82) is 0 Å². The smallest absolute Gasteiger partial charge is 0.327 e. The number of thioether (sulfide) groups is 1. The van der Waals surface area contributed by atoms with E-state index >= 15 is 0 Å². The van der Waals surface area contributed by atoms with Crippen LogP contribution in [0.15, 0.2) is 60.7 Å². The van der Waals surface area contributed by atoms with Crippen LogP contribution < -0.4 is 10.2 Å². The summed E-state index contributed by atoms with van der Waals surface area (Å²) in [5, 5.41) is 14.9. The molecule has 3 aromatic rings. The van der Waals surface area contributed by atoms with E-state index in [9.17, 15) is 19.5 Å². The summed E-state index contributed by atoms with van der Waals surface area (Å²) in [7, 11) is 0. The maximum atomic E-state index is 14.2. The number of hydrogen-bond acceptors (Lipinski definition) is 4. The predicted octanol–water partition coefficient (Wildman–Crippen LogP) is 6.35. The van der Waals surface area contributed by atoms with Crippen LogP contribution in [0.5, 0.6) is 0 Å². The quantitative estimate of drug-likeness (QED) is 0.332. The fraction of sp³-hybridized carbons (Fsp3) is 0.387. The summed E-state index contributed by atoms with van der Waals surface area (Å²) in [4.78, 5) is 40.8. The fourth-order valence-electron chi connectivity index (χ4n) is 5.38. The second-order valence-electron chi connectivity index (χ2n) is 11.4. The number of amides is 2. The first-order valence-electron chi connectivity index (χ1n) is 13.1. The Balaban J connectivity index is 1.82. The molecule has 2 unspecified atom stereocenters. The van der Waals surface area contributed by atoms with Crippen LogP contribution in [0, 0.1) is 11.3 Å². The highest BCUT2D eigenvalue weighted by Crippen LogP contribution is 2.45. The van der Waals surface area contributed by atoms with Gasteiger partial charge in [0.05, 0.1) is 0 Å². The van der Waals surface area contributed by atoms with Gasteiger partial charge >= 0.3 is 5.97 Å². The summed E-state index contributed by atoms with van der Waals surface area (Å²) in [5.74, 6) is -2.26. The molecular formula is C31H35ClN2O4S. The van der Waals surface area contributed by atoms with Crippen LogP contribution in [-0.4, -0.2) is 47.5 Å². The van der Waals surface area contributed by atoms with E-state index in [1.165, 1.54) is 11.8 Å². The van der Waals surface area contributed by atoms with Crippen molar-refractivity contribution < 1.29 is 19.5 Å². The number of hydrogen-bond donors (Lipinski definition) is 2. The molecule has 1 heterocycles. The molecule has 3 aromatic carbocycles. The van der Waals surface area contributed by atoms with Crippen LogP contribution in [0.4, 0.5) is 5.69 Å². The molecule has 0 fully saturated rings. The number of halogens is 1. The minimum absolute atomic E-state index is 0.0966. The summed E-state index contributed by atoms with van der Waals surface area (Å²) < 4.78 is 0. The minimum atomic E-state index is -1.09. The third-order valence-electron chi connectivity index (χ3n) is 7.02. The van der Waals surface area contributed by atoms with Crippen molar-refractivity contribution in [3.63, 3.8) is 0 Å². The summed E-state index contributed by atoms with van der Waals surface area (Å²) in [6, 6.07) is 18.9. The van der Waals surface area contributed by atoms with Gasteiger partial charge < -0.3 is 15.3 Å². The highest BCUT2D eigenvalue weighted by molar-refractivity contribution is 7.98. The molecule has 4 rings (SSSR count). The van der Waals surface area contributed by atoms with E-state index in [0.29, 0.717) is 18.0 Å². The lowest BCUT2D eigenvalue weighted by molar-refractivity contribution is -0.141. The van der Waals surface area contributed by atoms with Crippen molar-refractivity contribution in [3.05, 3.63) is 76.8 Å². The Labute approximate surface area is 239 Å². The monoisotopic (exact) mass is 566 g/mol. The van der Waals surface area contributed by atoms with E-state index in [1.807, 2.05) is 30.3 Å². The van der Waals surface area contributed by atoms with Gasteiger partial charge in [-0.05, 0) is 58.2 Å². The molecule has 0 saturated carbocycles. The van der Waals surface area contributed by atoms with Crippen LogP contribution in [0.25, 0.3) is 10.8 Å². The number of nitrogens with one attached hydrogen (secondary N) is 1. The highest BCUT2D eigenvalue weighted by Gasteiger charge is 2.39. The molecule has 2 amide bonds. The van der Waals surface area contributed by atoms with Crippen molar-refractivity contribution in [2.45, 2.75) is 45.6 Å². The summed E-state index contributed by atoms with van der Waals surface area (Å²) in [6.07, 6.45) is 2.09. The van der Waals surface area contributed by atoms with Crippen molar-refractivity contribution in [2.24, 2.45) is 11.3 Å². The van der Waals surface area contributed by atoms with E-state index in [4.69, 9.17) is 11.6 Å². The number of carbonyl (C=O) groups excluding carboxylic acids is 2. The molecule has 0 saturated heterocycles. The molecule has 2 N–H and O–H groups in total. The second-order valence-corrected chi connectivity index (χ2v) is 12.7. The molecule has 3 atom stereocenters. The molecule has 0 aromatic heterocycles. The van der Waals surface area contributed by atoms with Crippen LogP contribution in [0.2, 0.25) is 5.02 Å². The SMILES string of the molecule is CSC[C@H](NC(=O)CC1CC(c2cccc3ccccc23)c2cc(Cl)ccc2N(CC(C)(C)C)C1=O)C(=O)O. The first-order chi connectivity index (χ1) is 18.5. The molecule has 6 nitrogen and oxygen atoms in total. The summed E-state index contributed by atoms with van der Waals surface area (Å²) >= 11 is 7.88. The Morgan fingerprint density at radius 2 is 1.82 bits per heavy atom. The Hall–Kier alpha value is -3.03. The number of carboxylic acid groups (broad SMARTS) is 1. The maximum absolute atomic E-state index is 14.2. The van der Waals surface area contributed by atoms with Gasteiger partial charge in [0.25, 0.3) is 0 Å². The number of nitrogens with zero attached hydrogens (tertiary/aromatic N) is 1. The topological polar surface area (TPSA) is 86.7 Å². The first kappa shape index (κ1) is 29.0. The number of carboxylic acids is 1. The van der Waals surface area contributed by atoms with Crippen LogP contribution in [0.3, 0.4) is 0 Å². The number of carbonyl (C=O) groups is 3. The van der Waals surface area contributed by atoms with Gasteiger partial charge in [0.1, 0.15) is 6.04 Å². The molecular weight excluding hydrogens is 532 g/mol. The molecule has 39 heavy (non-hydrogen) atoms. The van der Waals surface area contributed by atoms with Crippen molar-refractivity contribution in [1.82, 2.24) is 5.32 Å². The molecule has 206 valence electrons. The lowest BCUT2D eigenvalue weighted by Crippen LogP contribution is -2.45. The minimum Gasteiger partial charge on any atom is -0.480 e. The van der Waals surface area contributed by atoms with Crippen molar-refractivity contribution in [3.8, 4) is 0 Å². The van der Waals surface area contributed by atoms with Crippen LogP contribution in [-0.2, 0) is 14.4 Å². The van der Waals surface area contributed by atoms with Gasteiger partial charge in [0.15, 0.2) is 0 Å². The standard InChI is InChI=1S/C31H35ClN2O4S/c1-31(2,3)18-34-27-13-12-21(32)16-25(27)24(23-11-7-9-19-8-5-6-10-22(19)23)14-20(29(34)36)15-28(35)33-26(17-39-4)30(37)38/h5-13,16,20,24,26H,14-15,17-18H2,1-4H3,(H,33,35)(H,37,38)/t20?,24?,26-/m0/s1. The lowest BCUT2D eigenvalue weighted by Gasteiger charge is -2.32. The maximum Gasteiger partial charge on any atom is 0.327 e. The summed E-state index contributed by atoms with van der Waals surface area (Å²) in [5.41, 5.74) is 2.61. The second kappa shape index (κ2) is 12.0. The van der Waals surface area contributed by atoms with E-state index in [2.05, 4.69) is 50.4 Å². The van der Waals surface area contributed by atoms with E-state index in [0.717, 1.165) is 27.6 Å². The van der Waals surface area contributed by atoms with Gasteiger partial charge in [-0.3, -0.25) is 9.59 Å². The average Bonchev–Trinajstić information content (AvgIpc) is 2.97. The van der Waals surface area contributed by atoms with Gasteiger partial charge in [-0.1, -0.05) is 74.8 Å². The van der Waals surface area contributed by atoms with Gasteiger partial charge in [-0.25, -0.2) is 4.79 Å². The Morgan fingerprint density at radius 1 is 1.10 bits per heavy atom. The zero-order chi connectivity index (χ0) is 28.3. The zero-order valence-electron chi connectivity index (χ0n) is 22.7. The fourth-order valence-corrected chi connectivity index (χ4v) is 6.12. The normalized spacial score (nSPS) is 18.4. The Kier molecular flexibility index (Phi) is 8.92. The van der Waals surface area contributed by atoms with Crippen LogP contribution >= 0.6 is 23.4 Å². The molecule has 0 bridgehead atoms. The first-order valence-corrected chi connectivity index (χ1v) is 14.9. The number of benzene rings is 3. The lowest BCUT2D eigenvalue weighted by atomic mass is 9.81. The van der Waals surface area contributed by atoms with Gasteiger partial charge in [0.2, 0.25) is 11.8 Å². The number of fused-ring (bicyclic) bond motifs is 2. The third kappa shape index (κ3) is 6.76. The van der Waals surface area contributed by atoms with Crippen LogP contribution in [0.1, 0.15) is 50.7 Å². The number of anilines is 1. The van der Waals surface area contributed by atoms with Gasteiger partial charge in [0, 0.05) is 41.3 Å². The molecule has 0 radical (unpaired) electrons. The molecule has 8 heteroatoms. The molecule has 0 spiro atoms. The van der Waals surface area contributed by atoms with E-state index < -0.39 is 23.8 Å². The predicted molar refractivity (Wildman–Crippen MR) is 160 cm³/mol. The summed E-state index contributed by atoms with van der Waals surface area (Å²) in [6.45, 7) is 6.69. The van der Waals surface area contributed by atoms with E-state index in [-0.39, 0.29) is 29.4 Å². The molecule has 0 aliphatic carbocycles. The Bertz CT molecular complexity index is 1380. The van der Waals surface area contributed by atoms with Crippen molar-refractivity contribution in [2.75, 3.05) is 23.5 Å². The van der Waals surface area contributed by atoms with E-state index in [1.54, 1.807) is 17.2 Å². The van der Waals surface area contributed by atoms with Gasteiger partial charge in [-0.2, -0.15) is 11.8 Å². The molecule has 1 aliphatic heterocycles. The molecule has 1 aliphatic rings. The third-order valence-corrected chi connectivity index (χ3v) is 7.92. The highest BCUT2D eigenvalue weighted by atomic mass is 35.5. The largest absolute Gasteiger partial charge is 0.480 e.